The van der Waals surface area contributed by atoms with Crippen molar-refractivity contribution in [1.29, 1.82) is 0 Å². The molecule has 0 fully saturated rings. The Morgan fingerprint density at radius 3 is 2.39 bits per heavy atom. The second kappa shape index (κ2) is 6.62. The molecule has 23 heavy (non-hydrogen) atoms. The third-order valence-electron chi connectivity index (χ3n) is 3.83. The zero-order valence-corrected chi connectivity index (χ0v) is 14.0. The first-order chi connectivity index (χ1) is 10.5. The highest BCUT2D eigenvalue weighted by molar-refractivity contribution is 6.31. The highest BCUT2D eigenvalue weighted by Gasteiger charge is 2.15. The Hall–Kier alpha value is -2.01. The topological polar surface area (TPSA) is 68.2 Å². The molecular formula is C17H16Cl2N2O2. The first-order valence-electron chi connectivity index (χ1n) is 6.83. The van der Waals surface area contributed by atoms with Gasteiger partial charge >= 0.3 is 0 Å². The monoisotopic (exact) mass is 350 g/mol. The molecule has 0 amide bonds. The lowest BCUT2D eigenvalue weighted by molar-refractivity contribution is 0.475. The van der Waals surface area contributed by atoms with Crippen molar-refractivity contribution >= 4 is 34.8 Å². The van der Waals surface area contributed by atoms with E-state index in [9.17, 15) is 9.90 Å². The summed E-state index contributed by atoms with van der Waals surface area (Å²) in [5.41, 5.74) is 8.24. The fourth-order valence-corrected chi connectivity index (χ4v) is 2.90. The van der Waals surface area contributed by atoms with Crippen LogP contribution in [0.2, 0.25) is 5.02 Å². The van der Waals surface area contributed by atoms with Gasteiger partial charge in [0.25, 0.3) is 5.56 Å². The summed E-state index contributed by atoms with van der Waals surface area (Å²) >= 11 is 6.11. The zero-order chi connectivity index (χ0) is 15.9. The second-order valence-corrected chi connectivity index (χ2v) is 5.56. The summed E-state index contributed by atoms with van der Waals surface area (Å²) in [5.74, 6) is 0.185. The van der Waals surface area contributed by atoms with Gasteiger partial charge in [-0.05, 0) is 41.3 Å². The third-order valence-corrected chi connectivity index (χ3v) is 4.06. The molecule has 0 bridgehead atoms. The minimum Gasteiger partial charge on any atom is -0.508 e. The average Bonchev–Trinajstić information content (AvgIpc) is 2.51. The molecule has 6 heteroatoms. The number of hydrogen-bond acceptors (Lipinski definition) is 3. The molecule has 0 spiro atoms. The molecule has 0 saturated carbocycles. The Morgan fingerprint density at radius 2 is 1.78 bits per heavy atom. The van der Waals surface area contributed by atoms with Gasteiger partial charge in [-0.25, -0.2) is 0 Å². The van der Waals surface area contributed by atoms with Crippen molar-refractivity contribution < 1.29 is 5.11 Å². The van der Waals surface area contributed by atoms with Crippen LogP contribution >= 0.6 is 24.0 Å². The second-order valence-electron chi connectivity index (χ2n) is 5.13. The minimum atomic E-state index is -0.102. The van der Waals surface area contributed by atoms with Gasteiger partial charge in [0.2, 0.25) is 0 Å². The number of rotatable bonds is 2. The van der Waals surface area contributed by atoms with Gasteiger partial charge in [0, 0.05) is 35.3 Å². The van der Waals surface area contributed by atoms with Crippen molar-refractivity contribution in [1.82, 2.24) is 4.57 Å². The fraction of sp³-hybridized carbons (Fsp3) is 0.118. The van der Waals surface area contributed by atoms with E-state index in [1.54, 1.807) is 54.1 Å². The van der Waals surface area contributed by atoms with E-state index in [1.165, 1.54) is 0 Å². The van der Waals surface area contributed by atoms with Gasteiger partial charge < -0.3 is 15.4 Å². The Labute approximate surface area is 144 Å². The number of aromatic hydroxyl groups is 1. The number of fused-ring (bicyclic) bond motifs is 1. The lowest BCUT2D eigenvalue weighted by Crippen LogP contribution is -2.23. The maximum Gasteiger partial charge on any atom is 0.258 e. The summed E-state index contributed by atoms with van der Waals surface area (Å²) in [5, 5.41) is 11.4. The normalized spacial score (nSPS) is 10.6. The molecule has 1 heterocycles. The van der Waals surface area contributed by atoms with Gasteiger partial charge in [0.1, 0.15) is 5.75 Å². The molecule has 0 unspecified atom stereocenters. The summed E-state index contributed by atoms with van der Waals surface area (Å²) in [4.78, 5) is 12.5. The lowest BCUT2D eigenvalue weighted by Gasteiger charge is -2.16. The third kappa shape index (κ3) is 2.93. The van der Waals surface area contributed by atoms with Crippen molar-refractivity contribution in [2.75, 3.05) is 0 Å². The predicted molar refractivity (Wildman–Crippen MR) is 96.4 cm³/mol. The first-order valence-corrected chi connectivity index (χ1v) is 7.21. The number of nitrogens with two attached hydrogens (primary N) is 1. The van der Waals surface area contributed by atoms with E-state index in [0.29, 0.717) is 10.4 Å². The van der Waals surface area contributed by atoms with Gasteiger partial charge in [-0.3, -0.25) is 4.79 Å². The number of pyridine rings is 1. The Bertz CT molecular complexity index is 919. The van der Waals surface area contributed by atoms with Crippen LogP contribution in [0.1, 0.15) is 5.69 Å². The van der Waals surface area contributed by atoms with Crippen molar-refractivity contribution in [2.24, 2.45) is 12.8 Å². The van der Waals surface area contributed by atoms with Gasteiger partial charge in [0.15, 0.2) is 0 Å². The summed E-state index contributed by atoms with van der Waals surface area (Å²) in [7, 11) is 1.71. The number of phenols is 1. The van der Waals surface area contributed by atoms with Crippen LogP contribution in [0.5, 0.6) is 5.75 Å². The largest absolute Gasteiger partial charge is 0.508 e. The SMILES string of the molecule is Cl.Cn1c(CN)c(-c2ccc(O)cc2)c2cc(Cl)ccc2c1=O. The molecule has 4 nitrogen and oxygen atoms in total. The van der Waals surface area contributed by atoms with Crippen LogP contribution in [-0.2, 0) is 13.6 Å². The van der Waals surface area contributed by atoms with Crippen LogP contribution < -0.4 is 11.3 Å². The van der Waals surface area contributed by atoms with Crippen molar-refractivity contribution in [3.05, 3.63) is 63.5 Å². The molecule has 3 rings (SSSR count). The Balaban J connectivity index is 0.00000192. The predicted octanol–water partition coefficient (Wildman–Crippen LogP) is 3.45. The minimum absolute atomic E-state index is 0. The lowest BCUT2D eigenvalue weighted by atomic mass is 9.96. The van der Waals surface area contributed by atoms with Gasteiger partial charge in [-0.15, -0.1) is 12.4 Å². The van der Waals surface area contributed by atoms with Gasteiger partial charge in [-0.1, -0.05) is 23.7 Å². The number of nitrogens with zero attached hydrogens (tertiary/aromatic N) is 1. The summed E-state index contributed by atoms with van der Waals surface area (Å²) < 4.78 is 1.57. The van der Waals surface area contributed by atoms with Crippen LogP contribution in [-0.4, -0.2) is 9.67 Å². The van der Waals surface area contributed by atoms with Crippen LogP contribution in [0, 0.1) is 0 Å². The van der Waals surface area contributed by atoms with E-state index < -0.39 is 0 Å². The molecule has 0 aliphatic carbocycles. The molecule has 120 valence electrons. The van der Waals surface area contributed by atoms with Crippen molar-refractivity contribution in [3.63, 3.8) is 0 Å². The van der Waals surface area contributed by atoms with E-state index >= 15 is 0 Å². The smallest absolute Gasteiger partial charge is 0.258 e. The quantitative estimate of drug-likeness (QED) is 0.743. The van der Waals surface area contributed by atoms with E-state index in [1.807, 2.05) is 0 Å². The van der Waals surface area contributed by atoms with Crippen molar-refractivity contribution in [2.45, 2.75) is 6.54 Å². The maximum atomic E-state index is 12.5. The van der Waals surface area contributed by atoms with E-state index in [4.69, 9.17) is 17.3 Å². The number of benzene rings is 2. The van der Waals surface area contributed by atoms with Crippen LogP contribution in [0.3, 0.4) is 0 Å². The molecule has 3 aromatic rings. The molecule has 0 aliphatic rings. The number of hydrogen-bond donors (Lipinski definition) is 2. The van der Waals surface area contributed by atoms with Crippen molar-refractivity contribution in [3.8, 4) is 16.9 Å². The number of phenolic OH excluding ortho intramolecular Hbond substituents is 1. The first kappa shape index (κ1) is 17.3. The van der Waals surface area contributed by atoms with Gasteiger partial charge in [-0.2, -0.15) is 0 Å². The number of aromatic nitrogens is 1. The average molecular weight is 351 g/mol. The van der Waals surface area contributed by atoms with Crippen LogP contribution in [0.25, 0.3) is 21.9 Å². The van der Waals surface area contributed by atoms with E-state index in [-0.39, 0.29) is 30.3 Å². The highest BCUT2D eigenvalue weighted by Crippen LogP contribution is 2.32. The van der Waals surface area contributed by atoms with Crippen LogP contribution in [0.4, 0.5) is 0 Å². The van der Waals surface area contributed by atoms with Crippen LogP contribution in [0.15, 0.2) is 47.3 Å². The number of halogens is 2. The molecule has 0 saturated heterocycles. The standard InChI is InChI=1S/C17H15ClN2O2.ClH/c1-20-15(9-19)16(10-2-5-12(21)6-3-10)14-8-11(18)4-7-13(14)17(20)22;/h2-8,21H,9,19H2,1H3;1H. The maximum absolute atomic E-state index is 12.5. The molecule has 3 N–H and O–H groups in total. The Kier molecular flexibility index (Phi) is 5.00. The Morgan fingerprint density at radius 1 is 1.13 bits per heavy atom. The zero-order valence-electron chi connectivity index (χ0n) is 12.4. The highest BCUT2D eigenvalue weighted by atomic mass is 35.5. The summed E-state index contributed by atoms with van der Waals surface area (Å²) in [6.45, 7) is 0.227. The molecular weight excluding hydrogens is 335 g/mol. The fourth-order valence-electron chi connectivity index (χ4n) is 2.73. The molecule has 1 aromatic heterocycles. The summed E-state index contributed by atoms with van der Waals surface area (Å²) in [6, 6.07) is 12.0. The van der Waals surface area contributed by atoms with E-state index in [0.717, 1.165) is 22.2 Å². The summed E-state index contributed by atoms with van der Waals surface area (Å²) in [6.07, 6.45) is 0. The molecule has 0 radical (unpaired) electrons. The molecule has 2 aromatic carbocycles. The van der Waals surface area contributed by atoms with Gasteiger partial charge in [0.05, 0.1) is 0 Å². The molecule has 0 aliphatic heterocycles. The molecule has 0 atom stereocenters. The van der Waals surface area contributed by atoms with E-state index in [2.05, 4.69) is 0 Å².